The van der Waals surface area contributed by atoms with E-state index in [0.717, 1.165) is 15.4 Å². The van der Waals surface area contributed by atoms with Crippen molar-refractivity contribution in [3.8, 4) is 5.75 Å². The molecule has 0 fully saturated rings. The maximum absolute atomic E-state index is 10.5. The summed E-state index contributed by atoms with van der Waals surface area (Å²) in [4.78, 5) is 14.7. The number of primary amides is 1. The lowest BCUT2D eigenvalue weighted by Gasteiger charge is -2.03. The van der Waals surface area contributed by atoms with Crippen molar-refractivity contribution in [1.82, 2.24) is 4.98 Å². The van der Waals surface area contributed by atoms with Crippen molar-refractivity contribution in [1.29, 1.82) is 0 Å². The van der Waals surface area contributed by atoms with Gasteiger partial charge in [0, 0.05) is 9.86 Å². The Hall–Kier alpha value is -1.62. The number of nitrogens with two attached hydrogens (primary N) is 1. The molecule has 0 saturated heterocycles. The molecule has 2 aromatic rings. The van der Waals surface area contributed by atoms with Crippen LogP contribution in [0.1, 0.15) is 0 Å². The van der Waals surface area contributed by atoms with Gasteiger partial charge in [-0.3, -0.25) is 4.98 Å². The summed E-state index contributed by atoms with van der Waals surface area (Å²) in [6.45, 7) is 0. The van der Waals surface area contributed by atoms with Gasteiger partial charge in [-0.2, -0.15) is 0 Å². The predicted octanol–water partition coefficient (Wildman–Crippen LogP) is 2.45. The Bertz CT molecular complexity index is 528. The summed E-state index contributed by atoms with van der Waals surface area (Å²) in [5, 5.41) is 0.878. The highest BCUT2D eigenvalue weighted by Crippen LogP contribution is 2.24. The fourth-order valence-electron chi connectivity index (χ4n) is 1.28. The van der Waals surface area contributed by atoms with Crippen LogP contribution >= 0.6 is 15.9 Å². The zero-order valence-electron chi connectivity index (χ0n) is 7.61. The monoisotopic (exact) mass is 266 g/mol. The number of fused-ring (bicyclic) bond motifs is 1. The maximum Gasteiger partial charge on any atom is 0.410 e. The third-order valence-corrected chi connectivity index (χ3v) is 2.49. The van der Waals surface area contributed by atoms with E-state index >= 15 is 0 Å². The number of rotatable bonds is 1. The van der Waals surface area contributed by atoms with Gasteiger partial charge in [0.15, 0.2) is 5.75 Å². The van der Waals surface area contributed by atoms with Gasteiger partial charge in [-0.15, -0.1) is 0 Å². The topological polar surface area (TPSA) is 65.2 Å². The van der Waals surface area contributed by atoms with E-state index < -0.39 is 6.09 Å². The third-order valence-electron chi connectivity index (χ3n) is 1.86. The Morgan fingerprint density at radius 2 is 2.27 bits per heavy atom. The summed E-state index contributed by atoms with van der Waals surface area (Å²) in [5.41, 5.74) is 5.71. The van der Waals surface area contributed by atoms with E-state index in [0.29, 0.717) is 5.75 Å². The molecule has 76 valence electrons. The van der Waals surface area contributed by atoms with Crippen LogP contribution in [0.5, 0.6) is 5.75 Å². The second kappa shape index (κ2) is 3.86. The minimum atomic E-state index is -0.842. The lowest BCUT2D eigenvalue weighted by molar-refractivity contribution is 0.211. The Balaban J connectivity index is 2.52. The molecule has 15 heavy (non-hydrogen) atoms. The SMILES string of the molecule is NC(=O)Oc1cnc2c(Br)cccc2c1. The Morgan fingerprint density at radius 1 is 1.47 bits per heavy atom. The number of amides is 1. The van der Waals surface area contributed by atoms with Crippen LogP contribution in [0.15, 0.2) is 34.9 Å². The molecule has 0 radical (unpaired) electrons. The van der Waals surface area contributed by atoms with Crippen LogP contribution in [-0.4, -0.2) is 11.1 Å². The molecule has 0 bridgehead atoms. The lowest BCUT2D eigenvalue weighted by atomic mass is 10.2. The van der Waals surface area contributed by atoms with Gasteiger partial charge in [0.1, 0.15) is 0 Å². The first-order chi connectivity index (χ1) is 7.16. The molecule has 1 heterocycles. The van der Waals surface area contributed by atoms with Crippen LogP contribution < -0.4 is 10.5 Å². The number of carbonyl (C=O) groups excluding carboxylic acids is 1. The van der Waals surface area contributed by atoms with Gasteiger partial charge in [0.2, 0.25) is 0 Å². The number of halogens is 1. The van der Waals surface area contributed by atoms with Crippen molar-refractivity contribution < 1.29 is 9.53 Å². The van der Waals surface area contributed by atoms with E-state index in [1.165, 1.54) is 6.20 Å². The summed E-state index contributed by atoms with van der Waals surface area (Å²) in [7, 11) is 0. The van der Waals surface area contributed by atoms with E-state index in [4.69, 9.17) is 10.5 Å². The average Bonchev–Trinajstić information content (AvgIpc) is 2.17. The number of ether oxygens (including phenoxy) is 1. The number of pyridine rings is 1. The third kappa shape index (κ3) is 2.07. The Kier molecular flexibility index (Phi) is 2.55. The molecule has 5 heteroatoms. The van der Waals surface area contributed by atoms with Gasteiger partial charge < -0.3 is 10.5 Å². The van der Waals surface area contributed by atoms with E-state index in [-0.39, 0.29) is 0 Å². The van der Waals surface area contributed by atoms with Gasteiger partial charge in [-0.05, 0) is 28.1 Å². The number of para-hydroxylation sites is 1. The minimum Gasteiger partial charge on any atom is -0.409 e. The van der Waals surface area contributed by atoms with Crippen molar-refractivity contribution in [3.63, 3.8) is 0 Å². The van der Waals surface area contributed by atoms with Gasteiger partial charge in [-0.1, -0.05) is 12.1 Å². The summed E-state index contributed by atoms with van der Waals surface area (Å²) in [5.74, 6) is 0.341. The summed E-state index contributed by atoms with van der Waals surface area (Å²) in [6, 6.07) is 7.35. The average molecular weight is 267 g/mol. The van der Waals surface area contributed by atoms with E-state index in [9.17, 15) is 4.79 Å². The van der Waals surface area contributed by atoms with Crippen LogP contribution in [0.4, 0.5) is 4.79 Å². The summed E-state index contributed by atoms with van der Waals surface area (Å²) in [6.07, 6.45) is 0.615. The predicted molar refractivity (Wildman–Crippen MR) is 59.7 cm³/mol. The van der Waals surface area contributed by atoms with E-state index in [2.05, 4.69) is 20.9 Å². The summed E-state index contributed by atoms with van der Waals surface area (Å²) >= 11 is 3.38. The van der Waals surface area contributed by atoms with Crippen LogP contribution in [0.2, 0.25) is 0 Å². The molecular formula is C10H7BrN2O2. The molecule has 1 aromatic heterocycles. The van der Waals surface area contributed by atoms with E-state index in [1.54, 1.807) is 6.07 Å². The van der Waals surface area contributed by atoms with E-state index in [1.807, 2.05) is 18.2 Å². The van der Waals surface area contributed by atoms with Crippen LogP contribution in [0.3, 0.4) is 0 Å². The van der Waals surface area contributed by atoms with Gasteiger partial charge >= 0.3 is 6.09 Å². The maximum atomic E-state index is 10.5. The first-order valence-electron chi connectivity index (χ1n) is 4.18. The van der Waals surface area contributed by atoms with Crippen molar-refractivity contribution in [2.24, 2.45) is 5.73 Å². The van der Waals surface area contributed by atoms with Crippen molar-refractivity contribution >= 4 is 32.9 Å². The standard InChI is InChI=1S/C10H7BrN2O2/c11-8-3-1-2-6-4-7(15-10(12)14)5-13-9(6)8/h1-5H,(H2,12,14). The van der Waals surface area contributed by atoms with Crippen LogP contribution in [-0.2, 0) is 0 Å². The molecule has 2 N–H and O–H groups in total. The highest BCUT2D eigenvalue weighted by molar-refractivity contribution is 9.10. The highest BCUT2D eigenvalue weighted by atomic mass is 79.9. The quantitative estimate of drug-likeness (QED) is 0.863. The number of hydrogen-bond donors (Lipinski definition) is 1. The van der Waals surface area contributed by atoms with Crippen LogP contribution in [0, 0.1) is 0 Å². The minimum absolute atomic E-state index is 0.341. The van der Waals surface area contributed by atoms with Crippen LogP contribution in [0.25, 0.3) is 10.9 Å². The zero-order chi connectivity index (χ0) is 10.8. The zero-order valence-corrected chi connectivity index (χ0v) is 9.19. The fraction of sp³-hybridized carbons (Fsp3) is 0. The smallest absolute Gasteiger partial charge is 0.409 e. The largest absolute Gasteiger partial charge is 0.410 e. The van der Waals surface area contributed by atoms with Crippen molar-refractivity contribution in [2.45, 2.75) is 0 Å². The fourth-order valence-corrected chi connectivity index (χ4v) is 1.76. The molecule has 0 aliphatic carbocycles. The number of benzene rings is 1. The molecule has 1 amide bonds. The van der Waals surface area contributed by atoms with Gasteiger partial charge in [-0.25, -0.2) is 4.79 Å². The highest BCUT2D eigenvalue weighted by Gasteiger charge is 2.03. The second-order valence-corrected chi connectivity index (χ2v) is 3.76. The molecule has 0 spiro atoms. The second-order valence-electron chi connectivity index (χ2n) is 2.90. The first kappa shape index (κ1) is 9.92. The Morgan fingerprint density at radius 3 is 3.00 bits per heavy atom. The number of hydrogen-bond acceptors (Lipinski definition) is 3. The molecule has 1 aromatic carbocycles. The lowest BCUT2D eigenvalue weighted by Crippen LogP contribution is -2.16. The number of aromatic nitrogens is 1. The Labute approximate surface area is 94.2 Å². The normalized spacial score (nSPS) is 10.2. The molecule has 4 nitrogen and oxygen atoms in total. The molecule has 2 rings (SSSR count). The molecule has 0 unspecified atom stereocenters. The summed E-state index contributed by atoms with van der Waals surface area (Å²) < 4.78 is 5.62. The van der Waals surface area contributed by atoms with Gasteiger partial charge in [0.05, 0.1) is 11.7 Å². The molecule has 0 aliphatic rings. The molecule has 0 aliphatic heterocycles. The number of nitrogens with zero attached hydrogens (tertiary/aromatic N) is 1. The molecule has 0 atom stereocenters. The molecular weight excluding hydrogens is 260 g/mol. The first-order valence-corrected chi connectivity index (χ1v) is 4.97. The molecule has 0 saturated carbocycles. The van der Waals surface area contributed by atoms with Crippen molar-refractivity contribution in [2.75, 3.05) is 0 Å². The number of carbonyl (C=O) groups is 1. The van der Waals surface area contributed by atoms with Gasteiger partial charge in [0.25, 0.3) is 0 Å². The van der Waals surface area contributed by atoms with Crippen molar-refractivity contribution in [3.05, 3.63) is 34.9 Å².